The molecule has 0 heterocycles. The Balaban J connectivity index is 2.26. The molecule has 0 aliphatic heterocycles. The molecular weight excluding hydrogens is 244 g/mol. The average Bonchev–Trinajstić information content (AvgIpc) is 2.43. The second-order valence-electron chi connectivity index (χ2n) is 4.58. The van der Waals surface area contributed by atoms with E-state index in [1.54, 1.807) is 6.07 Å². The molecule has 100 valence electrons. The number of hydrogen-bond donors (Lipinski definition) is 1. The van der Waals surface area contributed by atoms with E-state index in [4.69, 9.17) is 5.73 Å². The lowest BCUT2D eigenvalue weighted by molar-refractivity contribution is 0.494. The zero-order valence-corrected chi connectivity index (χ0v) is 10.9. The van der Waals surface area contributed by atoms with Crippen molar-refractivity contribution in [2.45, 2.75) is 25.8 Å². The first-order chi connectivity index (χ1) is 9.13. The molecule has 0 amide bonds. The highest BCUT2D eigenvalue weighted by Crippen LogP contribution is 2.22. The lowest BCUT2D eigenvalue weighted by Gasteiger charge is -2.16. The molecule has 1 atom stereocenters. The van der Waals surface area contributed by atoms with Crippen molar-refractivity contribution in [3.8, 4) is 0 Å². The fourth-order valence-electron chi connectivity index (χ4n) is 2.27. The van der Waals surface area contributed by atoms with Crippen molar-refractivity contribution in [2.75, 3.05) is 0 Å². The monoisotopic (exact) mass is 261 g/mol. The summed E-state index contributed by atoms with van der Waals surface area (Å²) in [5.41, 5.74) is 8.59. The Morgan fingerprint density at radius 3 is 2.42 bits per heavy atom. The van der Waals surface area contributed by atoms with E-state index >= 15 is 0 Å². The Kier molecular flexibility index (Phi) is 4.27. The van der Waals surface area contributed by atoms with Crippen molar-refractivity contribution < 1.29 is 8.78 Å². The predicted octanol–water partition coefficient (Wildman–Crippen LogP) is 3.77. The quantitative estimate of drug-likeness (QED) is 0.890. The highest BCUT2D eigenvalue weighted by molar-refractivity contribution is 5.32. The summed E-state index contributed by atoms with van der Waals surface area (Å²) in [6.45, 7) is 2.05. The van der Waals surface area contributed by atoms with Crippen LogP contribution in [0.3, 0.4) is 0 Å². The van der Waals surface area contributed by atoms with Crippen LogP contribution >= 0.6 is 0 Å². The summed E-state index contributed by atoms with van der Waals surface area (Å²) in [6, 6.07) is 11.7. The maximum Gasteiger partial charge on any atom is 0.162 e. The van der Waals surface area contributed by atoms with Gasteiger partial charge in [-0.15, -0.1) is 0 Å². The molecule has 1 unspecified atom stereocenters. The van der Waals surface area contributed by atoms with E-state index in [-0.39, 0.29) is 6.04 Å². The molecule has 3 heteroatoms. The third kappa shape index (κ3) is 2.99. The highest BCUT2D eigenvalue weighted by atomic mass is 19.2. The number of hydrogen-bond acceptors (Lipinski definition) is 1. The van der Waals surface area contributed by atoms with Crippen molar-refractivity contribution in [3.05, 3.63) is 70.8 Å². The zero-order valence-electron chi connectivity index (χ0n) is 10.9. The van der Waals surface area contributed by atoms with E-state index in [1.165, 1.54) is 6.07 Å². The molecule has 0 aromatic heterocycles. The van der Waals surface area contributed by atoms with Gasteiger partial charge in [0.2, 0.25) is 0 Å². The van der Waals surface area contributed by atoms with E-state index in [0.717, 1.165) is 23.6 Å². The molecule has 1 nitrogen and oxygen atoms in total. The molecule has 0 spiro atoms. The lowest BCUT2D eigenvalue weighted by atomic mass is 9.94. The van der Waals surface area contributed by atoms with Crippen LogP contribution in [-0.4, -0.2) is 0 Å². The third-order valence-electron chi connectivity index (χ3n) is 3.31. The fraction of sp³-hybridized carbons (Fsp3) is 0.250. The minimum absolute atomic E-state index is 0.292. The molecule has 2 N–H and O–H groups in total. The Morgan fingerprint density at radius 1 is 1.00 bits per heavy atom. The summed E-state index contributed by atoms with van der Waals surface area (Å²) in [5.74, 6) is -1.62. The van der Waals surface area contributed by atoms with Gasteiger partial charge in [0.25, 0.3) is 0 Å². The number of halogens is 2. The molecule has 0 fully saturated rings. The van der Waals surface area contributed by atoms with Crippen molar-refractivity contribution >= 4 is 0 Å². The van der Waals surface area contributed by atoms with E-state index in [2.05, 4.69) is 0 Å². The van der Waals surface area contributed by atoms with Gasteiger partial charge in [-0.3, -0.25) is 0 Å². The van der Waals surface area contributed by atoms with Gasteiger partial charge in [-0.05, 0) is 35.6 Å². The van der Waals surface area contributed by atoms with Crippen LogP contribution in [0.2, 0.25) is 0 Å². The first kappa shape index (κ1) is 13.7. The van der Waals surface area contributed by atoms with Crippen LogP contribution in [0.5, 0.6) is 0 Å². The Hall–Kier alpha value is -1.74. The first-order valence-corrected chi connectivity index (χ1v) is 6.39. The van der Waals surface area contributed by atoms with E-state index < -0.39 is 11.6 Å². The van der Waals surface area contributed by atoms with Gasteiger partial charge in [-0.2, -0.15) is 0 Å². The highest BCUT2D eigenvalue weighted by Gasteiger charge is 2.14. The molecule has 0 radical (unpaired) electrons. The molecule has 19 heavy (non-hydrogen) atoms. The van der Waals surface area contributed by atoms with Gasteiger partial charge in [0.05, 0.1) is 0 Å². The lowest BCUT2D eigenvalue weighted by Crippen LogP contribution is -2.16. The van der Waals surface area contributed by atoms with Crippen LogP contribution in [0, 0.1) is 11.6 Å². The molecule has 2 aromatic carbocycles. The molecule has 0 bridgehead atoms. The van der Waals surface area contributed by atoms with Crippen molar-refractivity contribution in [3.63, 3.8) is 0 Å². The summed E-state index contributed by atoms with van der Waals surface area (Å²) in [5, 5.41) is 0. The van der Waals surface area contributed by atoms with Crippen LogP contribution in [0.25, 0.3) is 0 Å². The van der Waals surface area contributed by atoms with Gasteiger partial charge >= 0.3 is 0 Å². The molecule has 0 aliphatic carbocycles. The number of nitrogens with two attached hydrogens (primary N) is 1. The Labute approximate surface area is 112 Å². The zero-order chi connectivity index (χ0) is 13.8. The molecule has 0 saturated heterocycles. The van der Waals surface area contributed by atoms with Crippen molar-refractivity contribution in [2.24, 2.45) is 5.73 Å². The van der Waals surface area contributed by atoms with Crippen molar-refractivity contribution in [1.82, 2.24) is 0 Å². The van der Waals surface area contributed by atoms with Gasteiger partial charge in [0.15, 0.2) is 11.6 Å². The van der Waals surface area contributed by atoms with Crippen molar-refractivity contribution in [1.29, 1.82) is 0 Å². The topological polar surface area (TPSA) is 26.0 Å². The second-order valence-corrected chi connectivity index (χ2v) is 4.58. The molecular formula is C16H17F2N. The summed E-state index contributed by atoms with van der Waals surface area (Å²) >= 11 is 0. The first-order valence-electron chi connectivity index (χ1n) is 6.39. The smallest absolute Gasteiger partial charge is 0.162 e. The SMILES string of the molecule is CCc1ccccc1C(N)Cc1cccc(F)c1F. The average molecular weight is 261 g/mol. The Bertz CT molecular complexity index is 566. The van der Waals surface area contributed by atoms with Crippen LogP contribution < -0.4 is 5.73 Å². The normalized spacial score (nSPS) is 12.4. The molecule has 2 rings (SSSR count). The molecule has 0 saturated carbocycles. The summed E-state index contributed by atoms with van der Waals surface area (Å²) in [4.78, 5) is 0. The largest absolute Gasteiger partial charge is 0.324 e. The van der Waals surface area contributed by atoms with Crippen LogP contribution in [-0.2, 0) is 12.8 Å². The van der Waals surface area contributed by atoms with Gasteiger partial charge in [-0.25, -0.2) is 8.78 Å². The van der Waals surface area contributed by atoms with Crippen LogP contribution in [0.1, 0.15) is 29.7 Å². The summed E-state index contributed by atoms with van der Waals surface area (Å²) in [7, 11) is 0. The van der Waals surface area contributed by atoms with E-state index in [9.17, 15) is 8.78 Å². The van der Waals surface area contributed by atoms with Gasteiger partial charge in [-0.1, -0.05) is 43.3 Å². The van der Waals surface area contributed by atoms with Gasteiger partial charge < -0.3 is 5.73 Å². The van der Waals surface area contributed by atoms with Gasteiger partial charge in [0.1, 0.15) is 0 Å². The fourth-order valence-corrected chi connectivity index (χ4v) is 2.27. The minimum Gasteiger partial charge on any atom is -0.324 e. The standard InChI is InChI=1S/C16H17F2N/c1-2-11-6-3-4-8-13(11)15(19)10-12-7-5-9-14(17)16(12)18/h3-9,15H,2,10,19H2,1H3. The maximum atomic E-state index is 13.6. The Morgan fingerprint density at radius 2 is 1.68 bits per heavy atom. The maximum absolute atomic E-state index is 13.6. The molecule has 2 aromatic rings. The number of benzene rings is 2. The predicted molar refractivity (Wildman–Crippen MR) is 72.8 cm³/mol. The second kappa shape index (κ2) is 5.93. The molecule has 0 aliphatic rings. The van der Waals surface area contributed by atoms with E-state index in [0.29, 0.717) is 12.0 Å². The van der Waals surface area contributed by atoms with Crippen LogP contribution in [0.4, 0.5) is 8.78 Å². The number of aryl methyl sites for hydroxylation is 1. The van der Waals surface area contributed by atoms with Gasteiger partial charge in [0, 0.05) is 6.04 Å². The minimum atomic E-state index is -0.825. The summed E-state index contributed by atoms with van der Waals surface area (Å²) < 4.78 is 26.8. The van der Waals surface area contributed by atoms with Crippen LogP contribution in [0.15, 0.2) is 42.5 Å². The number of rotatable bonds is 4. The van der Waals surface area contributed by atoms with E-state index in [1.807, 2.05) is 31.2 Å². The third-order valence-corrected chi connectivity index (χ3v) is 3.31. The summed E-state index contributed by atoms with van der Waals surface area (Å²) in [6.07, 6.45) is 1.16.